The number of carbonyl (C=O) groups excluding carboxylic acids is 2. The van der Waals surface area contributed by atoms with Crippen LogP contribution in [-0.2, 0) is 11.2 Å². The van der Waals surface area contributed by atoms with Crippen molar-refractivity contribution < 1.29 is 19.5 Å². The number of hydrogen-bond donors (Lipinski definition) is 5. The Morgan fingerprint density at radius 2 is 1.65 bits per heavy atom. The fourth-order valence-corrected chi connectivity index (χ4v) is 3.15. The number of benzene rings is 2. The summed E-state index contributed by atoms with van der Waals surface area (Å²) in [4.78, 5) is 39.8. The van der Waals surface area contributed by atoms with Gasteiger partial charge in [0.05, 0.1) is 11.3 Å². The average molecular weight is 482 g/mol. The molecule has 1 aromatic heterocycles. The van der Waals surface area contributed by atoms with Crippen LogP contribution in [0.3, 0.4) is 0 Å². The topological polar surface area (TPSA) is 132 Å². The number of aromatic nitrogens is 1. The van der Waals surface area contributed by atoms with Crippen LogP contribution in [-0.4, -0.2) is 34.5 Å². The molecule has 0 saturated heterocycles. The minimum Gasteiger partial charge on any atom is -0.481 e. The first-order valence-corrected chi connectivity index (χ1v) is 10.9. The second kappa shape index (κ2) is 11.7. The number of rotatable bonds is 9. The summed E-state index contributed by atoms with van der Waals surface area (Å²) in [7, 11) is 0. The highest BCUT2D eigenvalue weighted by Crippen LogP contribution is 2.25. The zero-order valence-corrected chi connectivity index (χ0v) is 19.1. The molecule has 0 saturated carbocycles. The van der Waals surface area contributed by atoms with Gasteiger partial charge in [0.15, 0.2) is 0 Å². The van der Waals surface area contributed by atoms with E-state index in [9.17, 15) is 14.4 Å². The van der Waals surface area contributed by atoms with Crippen LogP contribution in [0.5, 0.6) is 0 Å². The van der Waals surface area contributed by atoms with Crippen molar-refractivity contribution in [3.05, 3.63) is 76.9 Å². The molecule has 0 atom stereocenters. The van der Waals surface area contributed by atoms with E-state index in [-0.39, 0.29) is 17.8 Å². The molecule has 2 aromatic carbocycles. The number of nitrogens with zero attached hydrogens (tertiary/aromatic N) is 1. The Balaban J connectivity index is 1.81. The van der Waals surface area contributed by atoms with Crippen LogP contribution in [0.15, 0.2) is 60.8 Å². The van der Waals surface area contributed by atoms with Gasteiger partial charge in [0.1, 0.15) is 5.82 Å². The highest BCUT2D eigenvalue weighted by Gasteiger charge is 2.15. The average Bonchev–Trinajstić information content (AvgIpc) is 2.80. The molecule has 3 rings (SSSR count). The van der Waals surface area contributed by atoms with Crippen molar-refractivity contribution in [2.75, 3.05) is 22.5 Å². The van der Waals surface area contributed by atoms with Gasteiger partial charge in [0, 0.05) is 41.6 Å². The quantitative estimate of drug-likeness (QED) is 0.295. The van der Waals surface area contributed by atoms with Gasteiger partial charge in [-0.1, -0.05) is 23.7 Å². The van der Waals surface area contributed by atoms with E-state index in [1.807, 2.05) is 0 Å². The second-order valence-electron chi connectivity index (χ2n) is 7.28. The Morgan fingerprint density at radius 1 is 0.971 bits per heavy atom. The molecule has 1 heterocycles. The molecule has 3 aromatic rings. The predicted octanol–water partition coefficient (Wildman–Crippen LogP) is 4.89. The smallest absolute Gasteiger partial charge is 0.320 e. The van der Waals surface area contributed by atoms with Crippen molar-refractivity contribution in [2.24, 2.45) is 0 Å². The van der Waals surface area contributed by atoms with Crippen LogP contribution in [0.25, 0.3) is 0 Å². The molecule has 34 heavy (non-hydrogen) atoms. The number of nitrogens with one attached hydrogen (secondary N) is 4. The molecule has 5 N–H and O–H groups in total. The van der Waals surface area contributed by atoms with Crippen molar-refractivity contribution in [1.29, 1.82) is 0 Å². The van der Waals surface area contributed by atoms with Gasteiger partial charge in [-0.15, -0.1) is 0 Å². The lowest BCUT2D eigenvalue weighted by Crippen LogP contribution is -2.28. The van der Waals surface area contributed by atoms with Gasteiger partial charge in [0.25, 0.3) is 5.91 Å². The number of anilines is 4. The maximum atomic E-state index is 13.0. The van der Waals surface area contributed by atoms with Crippen LogP contribution in [0.1, 0.15) is 29.3 Å². The summed E-state index contributed by atoms with van der Waals surface area (Å²) >= 11 is 5.96. The van der Waals surface area contributed by atoms with Crippen molar-refractivity contribution in [3.8, 4) is 0 Å². The fourth-order valence-electron chi connectivity index (χ4n) is 3.02. The molecule has 0 aliphatic rings. The maximum Gasteiger partial charge on any atom is 0.320 e. The lowest BCUT2D eigenvalue weighted by atomic mass is 10.1. The molecule has 0 bridgehead atoms. The van der Waals surface area contributed by atoms with E-state index in [1.54, 1.807) is 61.5 Å². The zero-order chi connectivity index (χ0) is 24.5. The number of hydrogen-bond acceptors (Lipinski definition) is 5. The highest BCUT2D eigenvalue weighted by molar-refractivity contribution is 6.30. The Bertz CT molecular complexity index is 1170. The van der Waals surface area contributed by atoms with Gasteiger partial charge in [-0.25, -0.2) is 9.78 Å². The monoisotopic (exact) mass is 481 g/mol. The van der Waals surface area contributed by atoms with E-state index in [0.717, 1.165) is 5.56 Å². The first-order valence-electron chi connectivity index (χ1n) is 10.5. The number of pyridine rings is 1. The van der Waals surface area contributed by atoms with Crippen LogP contribution >= 0.6 is 11.6 Å². The predicted molar refractivity (Wildman–Crippen MR) is 132 cm³/mol. The third-order valence-electron chi connectivity index (χ3n) is 4.69. The van der Waals surface area contributed by atoms with E-state index in [2.05, 4.69) is 26.3 Å². The van der Waals surface area contributed by atoms with E-state index in [1.165, 1.54) is 6.20 Å². The van der Waals surface area contributed by atoms with Crippen LogP contribution in [0, 0.1) is 0 Å². The van der Waals surface area contributed by atoms with Crippen LogP contribution < -0.4 is 21.3 Å². The third-order valence-corrected chi connectivity index (χ3v) is 4.94. The summed E-state index contributed by atoms with van der Waals surface area (Å²) in [5.41, 5.74) is 2.78. The lowest BCUT2D eigenvalue weighted by molar-refractivity contribution is -0.136. The molecule has 0 spiro atoms. The molecular weight excluding hydrogens is 458 g/mol. The standard InChI is InChI=1S/C24H24ClN5O4/c1-2-26-24(34)30-21-13-20(28-17-10-6-16(25)7-11-17)19(14-27-21)23(33)29-18-8-3-15(4-9-18)5-12-22(31)32/h3-4,6-11,13-14H,2,5,12H2,1H3,(H,29,33)(H,31,32)(H3,26,27,28,30,34). The zero-order valence-electron chi connectivity index (χ0n) is 18.4. The largest absolute Gasteiger partial charge is 0.481 e. The molecule has 0 aliphatic carbocycles. The summed E-state index contributed by atoms with van der Waals surface area (Å²) < 4.78 is 0. The molecule has 176 valence electrons. The van der Waals surface area contributed by atoms with Crippen molar-refractivity contribution >= 4 is 52.4 Å². The van der Waals surface area contributed by atoms with Crippen molar-refractivity contribution in [1.82, 2.24) is 10.3 Å². The molecule has 0 aliphatic heterocycles. The number of amides is 3. The van der Waals surface area contributed by atoms with Gasteiger partial charge < -0.3 is 21.1 Å². The summed E-state index contributed by atoms with van der Waals surface area (Å²) in [6, 6.07) is 15.1. The number of carboxylic acids is 1. The number of urea groups is 1. The number of carbonyl (C=O) groups is 3. The van der Waals surface area contributed by atoms with E-state index in [4.69, 9.17) is 16.7 Å². The summed E-state index contributed by atoms with van der Waals surface area (Å²) in [6.07, 6.45) is 1.81. The van der Waals surface area contributed by atoms with Gasteiger partial charge in [-0.05, 0) is 55.3 Å². The molecule has 10 heteroatoms. The normalized spacial score (nSPS) is 10.3. The van der Waals surface area contributed by atoms with Crippen LogP contribution in [0.4, 0.5) is 27.7 Å². The molecule has 0 fully saturated rings. The SMILES string of the molecule is CCNC(=O)Nc1cc(Nc2ccc(Cl)cc2)c(C(=O)Nc2ccc(CCC(=O)O)cc2)cn1. The maximum absolute atomic E-state index is 13.0. The Hall–Kier alpha value is -4.11. The number of carboxylic acid groups (broad SMARTS) is 1. The minimum atomic E-state index is -0.865. The Labute approximate surface area is 201 Å². The van der Waals surface area contributed by atoms with Gasteiger partial charge >= 0.3 is 12.0 Å². The molecule has 0 radical (unpaired) electrons. The first-order chi connectivity index (χ1) is 16.3. The molecule has 9 nitrogen and oxygen atoms in total. The highest BCUT2D eigenvalue weighted by atomic mass is 35.5. The number of halogens is 1. The van der Waals surface area contributed by atoms with E-state index >= 15 is 0 Å². The van der Waals surface area contributed by atoms with Crippen LogP contribution in [0.2, 0.25) is 5.02 Å². The summed E-state index contributed by atoms with van der Waals surface area (Å²) in [6.45, 7) is 2.25. The Morgan fingerprint density at radius 3 is 2.29 bits per heavy atom. The minimum absolute atomic E-state index is 0.0355. The second-order valence-corrected chi connectivity index (χ2v) is 7.71. The van der Waals surface area contributed by atoms with Crippen molar-refractivity contribution in [3.63, 3.8) is 0 Å². The van der Waals surface area contributed by atoms with Gasteiger partial charge in [0.2, 0.25) is 0 Å². The summed E-state index contributed by atoms with van der Waals surface area (Å²) in [5, 5.41) is 20.6. The third kappa shape index (κ3) is 7.21. The molecule has 3 amide bonds. The summed E-state index contributed by atoms with van der Waals surface area (Å²) in [5.74, 6) is -1.01. The van der Waals surface area contributed by atoms with E-state index in [0.29, 0.717) is 35.1 Å². The van der Waals surface area contributed by atoms with Gasteiger partial charge in [-0.2, -0.15) is 0 Å². The van der Waals surface area contributed by atoms with Crippen molar-refractivity contribution in [2.45, 2.75) is 19.8 Å². The Kier molecular flexibility index (Phi) is 8.42. The molecular formula is C24H24ClN5O4. The first kappa shape index (κ1) is 24.5. The van der Waals surface area contributed by atoms with E-state index < -0.39 is 17.9 Å². The number of aliphatic carboxylic acids is 1. The fraction of sp³-hybridized carbons (Fsp3) is 0.167. The lowest BCUT2D eigenvalue weighted by Gasteiger charge is -2.14. The number of aryl methyl sites for hydroxylation is 1. The van der Waals surface area contributed by atoms with Gasteiger partial charge in [-0.3, -0.25) is 14.9 Å². The molecule has 0 unspecified atom stereocenters.